The van der Waals surface area contributed by atoms with E-state index in [9.17, 15) is 18.0 Å². The molecule has 2 rings (SSSR count). The second kappa shape index (κ2) is 8.29. The number of nitrogens with one attached hydrogen (secondary N) is 1. The van der Waals surface area contributed by atoms with Crippen LogP contribution in [0, 0.1) is 0 Å². The van der Waals surface area contributed by atoms with E-state index in [2.05, 4.69) is 26.0 Å². The molecule has 1 N–H and O–H groups in total. The maximum absolute atomic E-state index is 12.8. The van der Waals surface area contributed by atoms with E-state index in [1.165, 1.54) is 19.2 Å². The Kier molecular flexibility index (Phi) is 6.47. The molecule has 1 aliphatic heterocycles. The summed E-state index contributed by atoms with van der Waals surface area (Å²) in [5, 5.41) is 17.6. The number of sulfone groups is 1. The molecule has 0 radical (unpaired) electrons. The van der Waals surface area contributed by atoms with E-state index in [1.807, 2.05) is 6.92 Å². The van der Waals surface area contributed by atoms with Crippen molar-refractivity contribution in [3.8, 4) is 0 Å². The van der Waals surface area contributed by atoms with Crippen molar-refractivity contribution in [3.63, 3.8) is 0 Å². The summed E-state index contributed by atoms with van der Waals surface area (Å²) in [6, 6.07) is 2.40. The maximum Gasteiger partial charge on any atom is 0.269 e. The Bertz CT molecular complexity index is 950. The molecule has 0 atom stereocenters. The molecule has 0 spiro atoms. The number of nitrogens with zero attached hydrogens (tertiary/aromatic N) is 5. The molecule has 0 aromatic heterocycles. The Hall–Kier alpha value is -2.44. The van der Waals surface area contributed by atoms with Gasteiger partial charge in [-0.2, -0.15) is 5.06 Å². The quantitative estimate of drug-likeness (QED) is 0.661. The minimum absolute atomic E-state index is 0.0971. The van der Waals surface area contributed by atoms with Crippen LogP contribution in [0.2, 0.25) is 5.02 Å². The van der Waals surface area contributed by atoms with Crippen LogP contribution in [0.4, 0.5) is 5.69 Å². The summed E-state index contributed by atoms with van der Waals surface area (Å²) in [5.41, 5.74) is -0.355. The molecule has 11 nitrogen and oxygen atoms in total. The van der Waals surface area contributed by atoms with Crippen molar-refractivity contribution >= 4 is 38.9 Å². The topological polar surface area (TPSA) is 142 Å². The summed E-state index contributed by atoms with van der Waals surface area (Å²) in [7, 11) is -2.61. The molecule has 0 aliphatic carbocycles. The minimum Gasteiger partial charge on any atom is -0.306 e. The standard InChI is InChI=1S/C15H19ClN6O5S/c1-5-8-15(18-20-21-19-15)17-14(24)10-6-7-11(28(4,25)26)13(12(10)16)22(27-3)9(2)23/h6-7H,5,8H2,1-4H3,(H,17,24). The summed E-state index contributed by atoms with van der Waals surface area (Å²) in [4.78, 5) is 29.4. The third-order valence-electron chi connectivity index (χ3n) is 3.77. The van der Waals surface area contributed by atoms with Crippen LogP contribution in [0.1, 0.15) is 37.0 Å². The molecule has 1 aromatic rings. The third kappa shape index (κ3) is 4.34. The zero-order chi connectivity index (χ0) is 21.1. The summed E-state index contributed by atoms with van der Waals surface area (Å²) in [5.74, 6) is -2.68. The van der Waals surface area contributed by atoms with Crippen molar-refractivity contribution in [2.24, 2.45) is 20.7 Å². The van der Waals surface area contributed by atoms with E-state index in [-0.39, 0.29) is 21.2 Å². The lowest BCUT2D eigenvalue weighted by atomic mass is 10.1. The van der Waals surface area contributed by atoms with E-state index in [4.69, 9.17) is 16.4 Å². The van der Waals surface area contributed by atoms with Crippen LogP contribution in [0.3, 0.4) is 0 Å². The van der Waals surface area contributed by atoms with Crippen LogP contribution in [-0.2, 0) is 19.5 Å². The highest BCUT2D eigenvalue weighted by atomic mass is 35.5. The molecule has 0 bridgehead atoms. The zero-order valence-corrected chi connectivity index (χ0v) is 17.2. The van der Waals surface area contributed by atoms with Crippen LogP contribution in [0.15, 0.2) is 37.7 Å². The highest BCUT2D eigenvalue weighted by molar-refractivity contribution is 7.90. The van der Waals surface area contributed by atoms with Crippen molar-refractivity contribution in [2.45, 2.75) is 37.4 Å². The van der Waals surface area contributed by atoms with Gasteiger partial charge in [0.2, 0.25) is 5.91 Å². The molecule has 0 saturated heterocycles. The summed E-state index contributed by atoms with van der Waals surface area (Å²) in [6.07, 6.45) is 1.92. The van der Waals surface area contributed by atoms with E-state index >= 15 is 0 Å². The number of hydrogen-bond donors (Lipinski definition) is 1. The van der Waals surface area contributed by atoms with Crippen LogP contribution in [-0.4, -0.2) is 39.4 Å². The second-order valence-electron chi connectivity index (χ2n) is 5.94. The van der Waals surface area contributed by atoms with Gasteiger partial charge in [0.05, 0.1) is 22.6 Å². The van der Waals surface area contributed by atoms with E-state index in [1.54, 1.807) is 0 Å². The van der Waals surface area contributed by atoms with Crippen molar-refractivity contribution in [3.05, 3.63) is 22.7 Å². The van der Waals surface area contributed by atoms with Gasteiger partial charge in [-0.25, -0.2) is 8.42 Å². The minimum atomic E-state index is -3.79. The molecule has 152 valence electrons. The molecular formula is C15H19ClN6O5S. The molecule has 1 aliphatic rings. The Morgan fingerprint density at radius 3 is 2.36 bits per heavy atom. The van der Waals surface area contributed by atoms with Gasteiger partial charge < -0.3 is 5.32 Å². The largest absolute Gasteiger partial charge is 0.306 e. The molecule has 1 heterocycles. The van der Waals surface area contributed by atoms with Crippen LogP contribution >= 0.6 is 11.6 Å². The first-order valence-corrected chi connectivity index (χ1v) is 10.4. The molecule has 0 unspecified atom stereocenters. The number of hydrogen-bond acceptors (Lipinski definition) is 9. The molecule has 28 heavy (non-hydrogen) atoms. The van der Waals surface area contributed by atoms with Crippen molar-refractivity contribution in [1.29, 1.82) is 0 Å². The van der Waals surface area contributed by atoms with Gasteiger partial charge in [-0.1, -0.05) is 18.5 Å². The molecule has 13 heteroatoms. The number of anilines is 1. The SMILES string of the molecule is CCCC1(NC(=O)c2ccc(S(C)(=O)=O)c(N(OC)C(C)=O)c2Cl)N=NN=N1. The third-order valence-corrected chi connectivity index (χ3v) is 5.28. The highest BCUT2D eigenvalue weighted by Crippen LogP contribution is 2.37. The number of carbonyl (C=O) groups excluding carboxylic acids is 2. The molecule has 0 fully saturated rings. The maximum atomic E-state index is 12.8. The fourth-order valence-electron chi connectivity index (χ4n) is 2.61. The summed E-state index contributed by atoms with van der Waals surface area (Å²) in [6.45, 7) is 3.03. The van der Waals surface area contributed by atoms with Gasteiger partial charge in [0, 0.05) is 19.6 Å². The van der Waals surface area contributed by atoms with Crippen LogP contribution in [0.25, 0.3) is 0 Å². The van der Waals surface area contributed by atoms with Gasteiger partial charge in [-0.05, 0) is 29.0 Å². The predicted octanol–water partition coefficient (Wildman–Crippen LogP) is 2.67. The van der Waals surface area contributed by atoms with Gasteiger partial charge in [0.25, 0.3) is 11.7 Å². The van der Waals surface area contributed by atoms with E-state index < -0.39 is 27.4 Å². The first-order valence-electron chi connectivity index (χ1n) is 8.10. The van der Waals surface area contributed by atoms with Gasteiger partial charge in [-0.3, -0.25) is 14.4 Å². The smallest absolute Gasteiger partial charge is 0.269 e. The highest BCUT2D eigenvalue weighted by Gasteiger charge is 2.36. The average Bonchev–Trinajstić information content (AvgIpc) is 3.03. The average molecular weight is 431 g/mol. The number of carbonyl (C=O) groups is 2. The monoisotopic (exact) mass is 430 g/mol. The number of halogens is 1. The molecule has 1 aromatic carbocycles. The molecule has 2 amide bonds. The Morgan fingerprint density at radius 2 is 1.89 bits per heavy atom. The van der Waals surface area contributed by atoms with Gasteiger partial charge in [0.1, 0.15) is 5.69 Å². The van der Waals surface area contributed by atoms with Gasteiger partial charge >= 0.3 is 0 Å². The lowest BCUT2D eigenvalue weighted by Crippen LogP contribution is -2.44. The van der Waals surface area contributed by atoms with E-state index in [0.29, 0.717) is 17.9 Å². The Morgan fingerprint density at radius 1 is 1.29 bits per heavy atom. The summed E-state index contributed by atoms with van der Waals surface area (Å²) >= 11 is 6.33. The van der Waals surface area contributed by atoms with Crippen molar-refractivity contribution < 1.29 is 22.8 Å². The zero-order valence-electron chi connectivity index (χ0n) is 15.6. The lowest BCUT2D eigenvalue weighted by molar-refractivity contribution is -0.122. The van der Waals surface area contributed by atoms with Gasteiger partial charge in [-0.15, -0.1) is 10.2 Å². The Balaban J connectivity index is 2.57. The number of rotatable bonds is 7. The number of benzene rings is 1. The number of amides is 2. The van der Waals surface area contributed by atoms with Crippen LogP contribution < -0.4 is 10.4 Å². The molecular weight excluding hydrogens is 412 g/mol. The predicted molar refractivity (Wildman–Crippen MR) is 99.5 cm³/mol. The van der Waals surface area contributed by atoms with Crippen LogP contribution in [0.5, 0.6) is 0 Å². The van der Waals surface area contributed by atoms with Crippen molar-refractivity contribution in [2.75, 3.05) is 18.4 Å². The second-order valence-corrected chi connectivity index (χ2v) is 8.30. The fraction of sp³-hybridized carbons (Fsp3) is 0.467. The fourth-order valence-corrected chi connectivity index (χ4v) is 3.84. The van der Waals surface area contributed by atoms with Crippen molar-refractivity contribution in [1.82, 2.24) is 5.32 Å². The lowest BCUT2D eigenvalue weighted by Gasteiger charge is -2.24. The Labute approximate surface area is 166 Å². The first-order chi connectivity index (χ1) is 13.1. The van der Waals surface area contributed by atoms with E-state index in [0.717, 1.165) is 13.2 Å². The van der Waals surface area contributed by atoms with Gasteiger partial charge in [0.15, 0.2) is 9.84 Å². The normalized spacial score (nSPS) is 14.9. The summed E-state index contributed by atoms with van der Waals surface area (Å²) < 4.78 is 24.3. The molecule has 0 saturated carbocycles. The number of hydroxylamine groups is 1. The first kappa shape index (κ1) is 21.9.